The zero-order valence-electron chi connectivity index (χ0n) is 10.5. The maximum absolute atomic E-state index is 11.8. The van der Waals surface area contributed by atoms with Crippen molar-refractivity contribution in [2.45, 2.75) is 25.4 Å². The molecule has 0 bridgehead atoms. The highest BCUT2D eigenvalue weighted by Gasteiger charge is 2.18. The van der Waals surface area contributed by atoms with Gasteiger partial charge in [0.2, 0.25) is 5.91 Å². The molecule has 1 amide bonds. The molecule has 0 aromatic carbocycles. The van der Waals surface area contributed by atoms with Crippen molar-refractivity contribution < 1.29 is 4.79 Å². The summed E-state index contributed by atoms with van der Waals surface area (Å²) in [4.78, 5) is 11.8. The van der Waals surface area contributed by atoms with Crippen LogP contribution in [-0.2, 0) is 11.8 Å². The number of carbonyl (C=O) groups excluding carboxylic acids is 1. The minimum Gasteiger partial charge on any atom is -0.352 e. The topological polar surface area (TPSA) is 72.9 Å². The van der Waals surface area contributed by atoms with Crippen LogP contribution < -0.4 is 11.1 Å². The zero-order chi connectivity index (χ0) is 12.8. The van der Waals surface area contributed by atoms with Gasteiger partial charge in [-0.15, -0.1) is 0 Å². The lowest BCUT2D eigenvalue weighted by Crippen LogP contribution is -2.39. The molecule has 0 aliphatic heterocycles. The van der Waals surface area contributed by atoms with E-state index in [2.05, 4.69) is 16.7 Å². The van der Waals surface area contributed by atoms with Gasteiger partial charge in [-0.05, 0) is 25.4 Å². The Labute approximate surface area is 106 Å². The van der Waals surface area contributed by atoms with Crippen LogP contribution in [0, 0.1) is 0 Å². The third kappa shape index (κ3) is 4.40. The molecule has 1 aromatic rings. The summed E-state index contributed by atoms with van der Waals surface area (Å²) in [6, 6.07) is -0.488. The summed E-state index contributed by atoms with van der Waals surface area (Å²) in [5.74, 6) is 0.885. The molecule has 1 rings (SSSR count). The molecular weight excluding hydrogens is 236 g/mol. The molecule has 6 heteroatoms. The summed E-state index contributed by atoms with van der Waals surface area (Å²) in [5, 5.41) is 6.91. The zero-order valence-corrected chi connectivity index (χ0v) is 11.3. The number of aryl methyl sites for hydroxylation is 1. The molecule has 0 aliphatic carbocycles. The molecule has 3 N–H and O–H groups in total. The van der Waals surface area contributed by atoms with Gasteiger partial charge in [0.15, 0.2) is 0 Å². The maximum Gasteiger partial charge on any atom is 0.241 e. The van der Waals surface area contributed by atoms with E-state index in [1.165, 1.54) is 0 Å². The van der Waals surface area contributed by atoms with Crippen molar-refractivity contribution in [1.29, 1.82) is 0 Å². The van der Waals surface area contributed by atoms with Crippen molar-refractivity contribution in [1.82, 2.24) is 15.1 Å². The van der Waals surface area contributed by atoms with Gasteiger partial charge in [0.25, 0.3) is 0 Å². The summed E-state index contributed by atoms with van der Waals surface area (Å²) < 4.78 is 1.64. The van der Waals surface area contributed by atoms with Gasteiger partial charge < -0.3 is 11.1 Å². The van der Waals surface area contributed by atoms with Crippen LogP contribution in [0.4, 0.5) is 0 Å². The Bertz CT molecular complexity index is 366. The van der Waals surface area contributed by atoms with Gasteiger partial charge >= 0.3 is 0 Å². The molecule has 0 aliphatic rings. The quantitative estimate of drug-likeness (QED) is 0.785. The predicted octanol–water partition coefficient (Wildman–Crippen LogP) is 0.678. The fourth-order valence-corrected chi connectivity index (χ4v) is 2.04. The van der Waals surface area contributed by atoms with E-state index in [9.17, 15) is 4.79 Å². The lowest BCUT2D eigenvalue weighted by molar-refractivity contribution is -0.123. The molecule has 1 heterocycles. The molecule has 0 radical (unpaired) electrons. The predicted molar refractivity (Wildman–Crippen MR) is 70.7 cm³/mol. The van der Waals surface area contributed by atoms with Gasteiger partial charge in [0.1, 0.15) is 6.04 Å². The maximum atomic E-state index is 11.8. The Morgan fingerprint density at radius 3 is 2.94 bits per heavy atom. The second-order valence-corrected chi connectivity index (χ2v) is 5.10. The number of nitrogens with one attached hydrogen (secondary N) is 1. The van der Waals surface area contributed by atoms with Gasteiger partial charge in [0.05, 0.1) is 6.20 Å². The number of amides is 1. The van der Waals surface area contributed by atoms with Crippen molar-refractivity contribution >= 4 is 17.7 Å². The number of nitrogens with zero attached hydrogens (tertiary/aromatic N) is 2. The van der Waals surface area contributed by atoms with Crippen LogP contribution in [0.15, 0.2) is 12.4 Å². The van der Waals surface area contributed by atoms with Crippen molar-refractivity contribution in [2.24, 2.45) is 12.8 Å². The van der Waals surface area contributed by atoms with Crippen LogP contribution in [0.5, 0.6) is 0 Å². The van der Waals surface area contributed by atoms with Gasteiger partial charge in [-0.1, -0.05) is 0 Å². The van der Waals surface area contributed by atoms with Crippen LogP contribution >= 0.6 is 11.8 Å². The van der Waals surface area contributed by atoms with Gasteiger partial charge in [-0.2, -0.15) is 16.9 Å². The van der Waals surface area contributed by atoms with E-state index < -0.39 is 6.04 Å². The number of thioether (sulfide) groups is 1. The Hall–Kier alpha value is -1.01. The molecule has 0 saturated carbocycles. The van der Waals surface area contributed by atoms with E-state index in [4.69, 9.17) is 5.73 Å². The molecule has 2 atom stereocenters. The largest absolute Gasteiger partial charge is 0.352 e. The molecule has 0 spiro atoms. The van der Waals surface area contributed by atoms with Gasteiger partial charge in [0, 0.05) is 24.8 Å². The second-order valence-electron chi connectivity index (χ2n) is 4.12. The Kier molecular flexibility index (Phi) is 5.50. The average molecular weight is 256 g/mol. The third-order valence-corrected chi connectivity index (χ3v) is 3.15. The number of carbonyl (C=O) groups is 1. The van der Waals surface area contributed by atoms with Crippen LogP contribution in [-0.4, -0.2) is 33.7 Å². The lowest BCUT2D eigenvalue weighted by atomic mass is 10.1. The first-order valence-corrected chi connectivity index (χ1v) is 6.97. The highest BCUT2D eigenvalue weighted by atomic mass is 32.2. The third-order valence-electron chi connectivity index (χ3n) is 2.51. The van der Waals surface area contributed by atoms with Crippen molar-refractivity contribution in [3.8, 4) is 0 Å². The minimum absolute atomic E-state index is 0.147. The molecule has 17 heavy (non-hydrogen) atoms. The van der Waals surface area contributed by atoms with Crippen molar-refractivity contribution in [2.75, 3.05) is 12.0 Å². The number of rotatable bonds is 6. The van der Waals surface area contributed by atoms with Gasteiger partial charge in [-0.3, -0.25) is 9.48 Å². The second kappa shape index (κ2) is 6.66. The summed E-state index contributed by atoms with van der Waals surface area (Å²) in [6.07, 6.45) is 6.39. The van der Waals surface area contributed by atoms with E-state index in [0.29, 0.717) is 0 Å². The SMILES string of the molecule is CSCCC(C)NC(=O)C(N)c1cnn(C)c1. The van der Waals surface area contributed by atoms with Crippen molar-refractivity contribution in [3.63, 3.8) is 0 Å². The van der Waals surface area contributed by atoms with E-state index in [-0.39, 0.29) is 11.9 Å². The van der Waals surface area contributed by atoms with E-state index in [1.807, 2.05) is 6.92 Å². The van der Waals surface area contributed by atoms with E-state index >= 15 is 0 Å². The fourth-order valence-electron chi connectivity index (χ4n) is 1.45. The van der Waals surface area contributed by atoms with Crippen LogP contribution in [0.1, 0.15) is 24.9 Å². The summed E-state index contributed by atoms with van der Waals surface area (Å²) in [7, 11) is 1.80. The van der Waals surface area contributed by atoms with Crippen LogP contribution in [0.2, 0.25) is 0 Å². The standard InChI is InChI=1S/C11H20N4OS/c1-8(4-5-17-3)14-11(16)10(12)9-6-13-15(2)7-9/h6-8,10H,4-5,12H2,1-3H3,(H,14,16). The normalized spacial score (nSPS) is 14.4. The number of aromatic nitrogens is 2. The first kappa shape index (κ1) is 14.1. The minimum atomic E-state index is -0.638. The summed E-state index contributed by atoms with van der Waals surface area (Å²) in [6.45, 7) is 1.99. The smallest absolute Gasteiger partial charge is 0.241 e. The number of hydrogen-bond acceptors (Lipinski definition) is 4. The average Bonchev–Trinajstić information content (AvgIpc) is 2.72. The number of nitrogens with two attached hydrogens (primary N) is 1. The van der Waals surface area contributed by atoms with Crippen LogP contribution in [0.3, 0.4) is 0 Å². The first-order chi connectivity index (χ1) is 8.04. The Morgan fingerprint density at radius 1 is 1.71 bits per heavy atom. The molecule has 96 valence electrons. The van der Waals surface area contributed by atoms with Gasteiger partial charge in [-0.25, -0.2) is 0 Å². The van der Waals surface area contributed by atoms with E-state index in [0.717, 1.165) is 17.7 Å². The van der Waals surface area contributed by atoms with Crippen LogP contribution in [0.25, 0.3) is 0 Å². The fraction of sp³-hybridized carbons (Fsp3) is 0.636. The molecule has 2 unspecified atom stereocenters. The molecule has 0 fully saturated rings. The Morgan fingerprint density at radius 2 is 2.41 bits per heavy atom. The monoisotopic (exact) mass is 256 g/mol. The van der Waals surface area contributed by atoms with Crippen molar-refractivity contribution in [3.05, 3.63) is 18.0 Å². The highest BCUT2D eigenvalue weighted by Crippen LogP contribution is 2.09. The first-order valence-electron chi connectivity index (χ1n) is 5.58. The summed E-state index contributed by atoms with van der Waals surface area (Å²) in [5.41, 5.74) is 6.60. The highest BCUT2D eigenvalue weighted by molar-refractivity contribution is 7.98. The molecule has 1 aromatic heterocycles. The molecule has 5 nitrogen and oxygen atoms in total. The molecule has 0 saturated heterocycles. The lowest BCUT2D eigenvalue weighted by Gasteiger charge is -2.16. The number of hydrogen-bond donors (Lipinski definition) is 2. The summed E-state index contributed by atoms with van der Waals surface area (Å²) >= 11 is 1.77. The Balaban J connectivity index is 2.47. The molecular formula is C11H20N4OS. The van der Waals surface area contributed by atoms with E-state index in [1.54, 1.807) is 35.9 Å².